The summed E-state index contributed by atoms with van der Waals surface area (Å²) < 4.78 is 22.9. The van der Waals surface area contributed by atoms with Crippen LogP contribution in [-0.2, 0) is 16.0 Å². The summed E-state index contributed by atoms with van der Waals surface area (Å²) in [4.78, 5) is 13.6. The van der Waals surface area contributed by atoms with Crippen LogP contribution >= 0.6 is 0 Å². The van der Waals surface area contributed by atoms with Crippen molar-refractivity contribution in [3.63, 3.8) is 0 Å². The average Bonchev–Trinajstić information content (AvgIpc) is 3.24. The highest BCUT2D eigenvalue weighted by Gasteiger charge is 2.74. The van der Waals surface area contributed by atoms with Gasteiger partial charge >= 0.3 is 0 Å². The van der Waals surface area contributed by atoms with Crippen LogP contribution in [0.15, 0.2) is 66.7 Å². The van der Waals surface area contributed by atoms with E-state index in [0.29, 0.717) is 34.1 Å². The van der Waals surface area contributed by atoms with Crippen molar-refractivity contribution in [3.8, 4) is 23.0 Å². The van der Waals surface area contributed by atoms with E-state index >= 15 is 0 Å². The van der Waals surface area contributed by atoms with Crippen molar-refractivity contribution in [2.24, 2.45) is 0 Å². The van der Waals surface area contributed by atoms with Gasteiger partial charge in [-0.1, -0.05) is 42.5 Å². The molecule has 6 nitrogen and oxygen atoms in total. The molecule has 1 heterocycles. The predicted molar refractivity (Wildman–Crippen MR) is 118 cm³/mol. The molecule has 6 heteroatoms. The number of fused-ring (bicyclic) bond motifs is 3. The first-order valence-corrected chi connectivity index (χ1v) is 10.4. The van der Waals surface area contributed by atoms with Crippen molar-refractivity contribution in [2.45, 2.75) is 23.5 Å². The van der Waals surface area contributed by atoms with E-state index < -0.39 is 17.1 Å². The van der Waals surface area contributed by atoms with Gasteiger partial charge in [-0.25, -0.2) is 0 Å². The molecular formula is C26H24O6. The fourth-order valence-electron chi connectivity index (χ4n) is 5.21. The molecule has 1 saturated carbocycles. The van der Waals surface area contributed by atoms with Gasteiger partial charge in [0, 0.05) is 30.0 Å². The molecule has 32 heavy (non-hydrogen) atoms. The molecule has 0 radical (unpaired) electrons. The lowest BCUT2D eigenvalue weighted by atomic mass is 9.71. The van der Waals surface area contributed by atoms with Gasteiger partial charge in [-0.2, -0.15) is 0 Å². The van der Waals surface area contributed by atoms with Gasteiger partial charge in [0.2, 0.25) is 0 Å². The van der Waals surface area contributed by atoms with Crippen molar-refractivity contribution < 1.29 is 28.8 Å². The number of rotatable bonds is 5. The summed E-state index contributed by atoms with van der Waals surface area (Å²) in [6, 6.07) is 20.3. The van der Waals surface area contributed by atoms with E-state index in [-0.39, 0.29) is 12.2 Å². The van der Waals surface area contributed by atoms with Crippen LogP contribution in [0.1, 0.15) is 29.0 Å². The smallest absolute Gasteiger partial charge is 0.200 e. The molecule has 0 spiro atoms. The Morgan fingerprint density at radius 1 is 0.906 bits per heavy atom. The summed E-state index contributed by atoms with van der Waals surface area (Å²) >= 11 is 0. The maximum atomic E-state index is 13.6. The Morgan fingerprint density at radius 3 is 2.22 bits per heavy atom. The average molecular weight is 432 g/mol. The molecule has 0 amide bonds. The fraction of sp³-hybridized carbons (Fsp3) is 0.269. The van der Waals surface area contributed by atoms with E-state index in [1.807, 2.05) is 42.5 Å². The number of hydrogen-bond donors (Lipinski definition) is 1. The van der Waals surface area contributed by atoms with Crippen molar-refractivity contribution in [1.29, 1.82) is 0 Å². The van der Waals surface area contributed by atoms with Gasteiger partial charge in [0.05, 0.1) is 26.9 Å². The first kappa shape index (κ1) is 20.4. The van der Waals surface area contributed by atoms with E-state index in [1.54, 1.807) is 38.5 Å². The summed E-state index contributed by atoms with van der Waals surface area (Å²) in [5.74, 6) is 1.16. The van der Waals surface area contributed by atoms with Gasteiger partial charge in [-0.05, 0) is 17.7 Å². The van der Waals surface area contributed by atoms with Crippen LogP contribution in [0, 0.1) is 0 Å². The summed E-state index contributed by atoms with van der Waals surface area (Å²) in [6.45, 7) is 0. The maximum Gasteiger partial charge on any atom is 0.200 e. The van der Waals surface area contributed by atoms with Crippen molar-refractivity contribution in [1.82, 2.24) is 0 Å². The molecular weight excluding hydrogens is 408 g/mol. The quantitative estimate of drug-likeness (QED) is 0.658. The van der Waals surface area contributed by atoms with Gasteiger partial charge in [-0.15, -0.1) is 0 Å². The summed E-state index contributed by atoms with van der Waals surface area (Å²) in [5, 5.41) is 12.3. The largest absolute Gasteiger partial charge is 0.497 e. The molecule has 3 aromatic rings. The van der Waals surface area contributed by atoms with Crippen LogP contribution < -0.4 is 18.9 Å². The molecule has 1 N–H and O–H groups in total. The second kappa shape index (κ2) is 7.28. The topological polar surface area (TPSA) is 74.2 Å². The van der Waals surface area contributed by atoms with E-state index in [0.717, 1.165) is 5.56 Å². The zero-order valence-corrected chi connectivity index (χ0v) is 18.1. The molecule has 0 aromatic heterocycles. The Morgan fingerprint density at radius 2 is 1.59 bits per heavy atom. The zero-order valence-electron chi connectivity index (χ0n) is 18.1. The van der Waals surface area contributed by atoms with Crippen LogP contribution in [0.2, 0.25) is 0 Å². The Kier molecular flexibility index (Phi) is 4.64. The molecule has 0 saturated heterocycles. The van der Waals surface area contributed by atoms with Crippen LogP contribution in [0.3, 0.4) is 0 Å². The molecule has 5 rings (SSSR count). The number of methoxy groups -OCH3 is 3. The number of aliphatic hydroxyl groups is 1. The lowest BCUT2D eigenvalue weighted by Gasteiger charge is -2.39. The fourth-order valence-corrected chi connectivity index (χ4v) is 5.21. The molecule has 1 fully saturated rings. The minimum absolute atomic E-state index is 0.126. The van der Waals surface area contributed by atoms with Crippen molar-refractivity contribution >= 4 is 5.78 Å². The number of benzene rings is 3. The summed E-state index contributed by atoms with van der Waals surface area (Å²) in [5.41, 5.74) is -1.39. The molecule has 3 aromatic carbocycles. The highest BCUT2D eigenvalue weighted by Crippen LogP contribution is 2.67. The first-order valence-electron chi connectivity index (χ1n) is 10.4. The number of Topliss-reactive ketones (excluding diaryl/α,β-unsaturated/α-hetero) is 1. The third-order valence-corrected chi connectivity index (χ3v) is 6.67. The monoisotopic (exact) mass is 432 g/mol. The van der Waals surface area contributed by atoms with Gasteiger partial charge in [-0.3, -0.25) is 4.79 Å². The molecule has 0 unspecified atom stereocenters. The second-order valence-electron chi connectivity index (χ2n) is 8.07. The van der Waals surface area contributed by atoms with Crippen LogP contribution in [0.4, 0.5) is 0 Å². The predicted octanol–water partition coefficient (Wildman–Crippen LogP) is 3.94. The van der Waals surface area contributed by atoms with Crippen molar-refractivity contribution in [3.05, 3.63) is 83.4 Å². The number of carbonyl (C=O) groups excluding carboxylic acids is 1. The number of ether oxygens (including phenoxy) is 4. The standard InChI is InChI=1S/C26H24O6/c1-29-18-11-9-17(10-12-18)26-20(16-7-5-4-6-8-16)15-23(27)25(26,28)24-21(31-3)13-19(30-2)14-22(24)32-26/h4-14,20,28H,15H2,1-3H3/t20-,25+,26-/m0/s1. The van der Waals surface area contributed by atoms with Crippen LogP contribution in [0.25, 0.3) is 0 Å². The van der Waals surface area contributed by atoms with Crippen molar-refractivity contribution in [2.75, 3.05) is 21.3 Å². The lowest BCUT2D eigenvalue weighted by Crippen LogP contribution is -2.50. The highest BCUT2D eigenvalue weighted by molar-refractivity contribution is 5.97. The molecule has 0 bridgehead atoms. The SMILES string of the molecule is COc1ccc([C@@]23Oc4cc(OC)cc(OC)c4[C@]2(O)C(=O)C[C@H]3c2ccccc2)cc1. The molecule has 1 aliphatic heterocycles. The van der Waals surface area contributed by atoms with E-state index in [4.69, 9.17) is 18.9 Å². The van der Waals surface area contributed by atoms with E-state index in [2.05, 4.69) is 0 Å². The molecule has 2 aliphatic rings. The second-order valence-corrected chi connectivity index (χ2v) is 8.07. The zero-order chi connectivity index (χ0) is 22.5. The third-order valence-electron chi connectivity index (χ3n) is 6.67. The normalized spacial score (nSPS) is 25.6. The number of carbonyl (C=O) groups is 1. The first-order chi connectivity index (χ1) is 15.5. The molecule has 164 valence electrons. The van der Waals surface area contributed by atoms with Crippen LogP contribution in [0.5, 0.6) is 23.0 Å². The minimum atomic E-state index is -1.94. The van der Waals surface area contributed by atoms with Gasteiger partial charge in [0.15, 0.2) is 17.0 Å². The van der Waals surface area contributed by atoms with E-state index in [1.165, 1.54) is 7.11 Å². The Balaban J connectivity index is 1.81. The number of hydrogen-bond acceptors (Lipinski definition) is 6. The number of ketones is 1. The maximum absolute atomic E-state index is 13.6. The Labute approximate surface area is 186 Å². The van der Waals surface area contributed by atoms with Gasteiger partial charge in [0.25, 0.3) is 0 Å². The Hall–Kier alpha value is -3.51. The summed E-state index contributed by atoms with van der Waals surface area (Å²) in [6.07, 6.45) is 0.126. The van der Waals surface area contributed by atoms with E-state index in [9.17, 15) is 9.90 Å². The third kappa shape index (κ3) is 2.53. The lowest BCUT2D eigenvalue weighted by molar-refractivity contribution is -0.151. The molecule has 3 atom stereocenters. The summed E-state index contributed by atoms with van der Waals surface area (Å²) in [7, 11) is 4.64. The van der Waals surface area contributed by atoms with Crippen LogP contribution in [-0.4, -0.2) is 32.2 Å². The van der Waals surface area contributed by atoms with Gasteiger partial charge < -0.3 is 24.1 Å². The molecule has 1 aliphatic carbocycles. The van der Waals surface area contributed by atoms with Gasteiger partial charge in [0.1, 0.15) is 23.0 Å². The highest BCUT2D eigenvalue weighted by atomic mass is 16.5. The minimum Gasteiger partial charge on any atom is -0.497 e. The Bertz CT molecular complexity index is 1170.